The molecule has 96 valence electrons. The van der Waals surface area contributed by atoms with Gasteiger partial charge >= 0.3 is 0 Å². The fraction of sp³-hybridized carbons (Fsp3) is 0.500. The van der Waals surface area contributed by atoms with Crippen molar-refractivity contribution in [2.75, 3.05) is 32.1 Å². The Hall–Kier alpha value is -0.100. The van der Waals surface area contributed by atoms with E-state index in [1.807, 2.05) is 13.1 Å². The van der Waals surface area contributed by atoms with Gasteiger partial charge in [0.2, 0.25) is 0 Å². The minimum Gasteiger partial charge on any atom is -0.329 e. The Morgan fingerprint density at radius 3 is 2.76 bits per heavy atom. The quantitative estimate of drug-likeness (QED) is 0.874. The molecule has 17 heavy (non-hydrogen) atoms. The molecule has 0 aliphatic carbocycles. The Morgan fingerprint density at radius 1 is 1.53 bits per heavy atom. The van der Waals surface area contributed by atoms with Gasteiger partial charge in [-0.25, -0.2) is 4.39 Å². The first-order valence-corrected chi connectivity index (χ1v) is 7.63. The Kier molecular flexibility index (Phi) is 6.48. The van der Waals surface area contributed by atoms with Crippen LogP contribution in [0.1, 0.15) is 11.6 Å². The highest BCUT2D eigenvalue weighted by Crippen LogP contribution is 2.23. The lowest BCUT2D eigenvalue weighted by atomic mass is 10.1. The van der Waals surface area contributed by atoms with Crippen molar-refractivity contribution in [1.29, 1.82) is 0 Å². The molecule has 1 atom stereocenters. The summed E-state index contributed by atoms with van der Waals surface area (Å²) >= 11 is 4.95. The van der Waals surface area contributed by atoms with Crippen LogP contribution in [0.2, 0.25) is 0 Å². The number of hydrogen-bond donors (Lipinski definition) is 1. The molecule has 1 unspecified atom stereocenters. The molecule has 1 aromatic rings. The number of thioether (sulfide) groups is 1. The third-order valence-corrected chi connectivity index (χ3v) is 3.97. The molecule has 0 aliphatic rings. The molecule has 0 heterocycles. The number of benzene rings is 1. The van der Waals surface area contributed by atoms with Crippen LogP contribution in [-0.4, -0.2) is 37.0 Å². The summed E-state index contributed by atoms with van der Waals surface area (Å²) in [6, 6.07) is 5.28. The van der Waals surface area contributed by atoms with Gasteiger partial charge < -0.3 is 5.73 Å². The van der Waals surface area contributed by atoms with E-state index in [1.54, 1.807) is 23.9 Å². The number of hydrogen-bond acceptors (Lipinski definition) is 3. The van der Waals surface area contributed by atoms with Crippen molar-refractivity contribution >= 4 is 27.7 Å². The van der Waals surface area contributed by atoms with E-state index in [0.717, 1.165) is 17.9 Å². The number of halogens is 2. The van der Waals surface area contributed by atoms with Gasteiger partial charge in [0.05, 0.1) is 4.47 Å². The van der Waals surface area contributed by atoms with Crippen molar-refractivity contribution in [2.45, 2.75) is 6.04 Å². The van der Waals surface area contributed by atoms with Gasteiger partial charge in [-0.3, -0.25) is 4.90 Å². The van der Waals surface area contributed by atoms with E-state index < -0.39 is 0 Å². The van der Waals surface area contributed by atoms with Crippen molar-refractivity contribution in [3.05, 3.63) is 34.1 Å². The van der Waals surface area contributed by atoms with Crippen molar-refractivity contribution in [2.24, 2.45) is 5.73 Å². The van der Waals surface area contributed by atoms with Crippen LogP contribution >= 0.6 is 27.7 Å². The standard InChI is InChI=1S/C12H18BrFN2S/c1-16(5-6-17-2)12(8-15)9-3-4-10(13)11(14)7-9/h3-4,7,12H,5-6,8,15H2,1-2H3. The normalized spacial score (nSPS) is 13.1. The van der Waals surface area contributed by atoms with E-state index in [4.69, 9.17) is 5.73 Å². The monoisotopic (exact) mass is 320 g/mol. The third kappa shape index (κ3) is 4.25. The Labute approximate surface area is 115 Å². The third-order valence-electron chi connectivity index (χ3n) is 2.73. The lowest BCUT2D eigenvalue weighted by Crippen LogP contribution is -2.32. The highest BCUT2D eigenvalue weighted by molar-refractivity contribution is 9.10. The largest absolute Gasteiger partial charge is 0.329 e. The Balaban J connectivity index is 2.81. The smallest absolute Gasteiger partial charge is 0.137 e. The number of likely N-dealkylation sites (N-methyl/N-ethyl adjacent to an activating group) is 1. The van der Waals surface area contributed by atoms with E-state index in [-0.39, 0.29) is 11.9 Å². The lowest BCUT2D eigenvalue weighted by Gasteiger charge is -2.27. The van der Waals surface area contributed by atoms with Crippen molar-refractivity contribution < 1.29 is 4.39 Å². The predicted octanol–water partition coefficient (Wildman–Crippen LogP) is 2.88. The zero-order valence-corrected chi connectivity index (χ0v) is 12.5. The second-order valence-electron chi connectivity index (χ2n) is 3.90. The molecule has 0 spiro atoms. The molecule has 0 aliphatic heterocycles. The lowest BCUT2D eigenvalue weighted by molar-refractivity contribution is 0.265. The summed E-state index contributed by atoms with van der Waals surface area (Å²) in [5.74, 6) is 0.811. The molecule has 0 fully saturated rings. The highest BCUT2D eigenvalue weighted by atomic mass is 79.9. The molecule has 0 aromatic heterocycles. The summed E-state index contributed by atoms with van der Waals surface area (Å²) < 4.78 is 14.0. The van der Waals surface area contributed by atoms with Gasteiger partial charge in [-0.05, 0) is 46.9 Å². The van der Waals surface area contributed by atoms with Gasteiger partial charge in [0.1, 0.15) is 5.82 Å². The summed E-state index contributed by atoms with van der Waals surface area (Å²) in [6.07, 6.45) is 2.07. The Morgan fingerprint density at radius 2 is 2.24 bits per heavy atom. The summed E-state index contributed by atoms with van der Waals surface area (Å²) in [5.41, 5.74) is 6.71. The molecule has 1 rings (SSSR count). The van der Waals surface area contributed by atoms with E-state index in [2.05, 4.69) is 27.1 Å². The summed E-state index contributed by atoms with van der Waals surface area (Å²) in [5, 5.41) is 0. The second-order valence-corrected chi connectivity index (χ2v) is 5.74. The maximum atomic E-state index is 13.5. The highest BCUT2D eigenvalue weighted by Gasteiger charge is 2.16. The zero-order chi connectivity index (χ0) is 12.8. The first-order valence-electron chi connectivity index (χ1n) is 5.44. The molecule has 1 aromatic carbocycles. The van der Waals surface area contributed by atoms with Gasteiger partial charge in [-0.15, -0.1) is 0 Å². The minimum atomic E-state index is -0.237. The fourth-order valence-electron chi connectivity index (χ4n) is 1.68. The summed E-state index contributed by atoms with van der Waals surface area (Å²) in [6.45, 7) is 1.44. The predicted molar refractivity (Wildman–Crippen MR) is 76.9 cm³/mol. The molecule has 2 nitrogen and oxygen atoms in total. The van der Waals surface area contributed by atoms with Gasteiger partial charge in [-0.2, -0.15) is 11.8 Å². The molecule has 0 radical (unpaired) electrons. The molecular weight excluding hydrogens is 303 g/mol. The van der Waals surface area contributed by atoms with Gasteiger partial charge in [0.15, 0.2) is 0 Å². The van der Waals surface area contributed by atoms with E-state index in [9.17, 15) is 4.39 Å². The molecule has 0 saturated heterocycles. The maximum absolute atomic E-state index is 13.5. The van der Waals surface area contributed by atoms with Crippen molar-refractivity contribution in [3.8, 4) is 0 Å². The van der Waals surface area contributed by atoms with Crippen LogP contribution in [0.5, 0.6) is 0 Å². The van der Waals surface area contributed by atoms with Crippen LogP contribution in [0.15, 0.2) is 22.7 Å². The zero-order valence-electron chi connectivity index (χ0n) is 10.1. The SMILES string of the molecule is CSCCN(C)C(CN)c1ccc(Br)c(F)c1. The van der Waals surface area contributed by atoms with Gasteiger partial charge in [-0.1, -0.05) is 6.07 Å². The van der Waals surface area contributed by atoms with Crippen LogP contribution < -0.4 is 5.73 Å². The second kappa shape index (κ2) is 7.36. The van der Waals surface area contributed by atoms with Crippen molar-refractivity contribution in [1.82, 2.24) is 4.90 Å². The number of nitrogens with two attached hydrogens (primary N) is 1. The van der Waals surface area contributed by atoms with Crippen LogP contribution in [-0.2, 0) is 0 Å². The summed E-state index contributed by atoms with van der Waals surface area (Å²) in [4.78, 5) is 2.17. The van der Waals surface area contributed by atoms with Crippen LogP contribution in [0.3, 0.4) is 0 Å². The molecule has 0 saturated carbocycles. The molecule has 0 amide bonds. The summed E-state index contributed by atoms with van der Waals surface area (Å²) in [7, 11) is 2.02. The average Bonchev–Trinajstić information content (AvgIpc) is 2.32. The maximum Gasteiger partial charge on any atom is 0.137 e. The molecule has 5 heteroatoms. The van der Waals surface area contributed by atoms with Crippen molar-refractivity contribution in [3.63, 3.8) is 0 Å². The molecule has 2 N–H and O–H groups in total. The molecular formula is C12H18BrFN2S. The average molecular weight is 321 g/mol. The minimum absolute atomic E-state index is 0.0738. The van der Waals surface area contributed by atoms with Crippen LogP contribution in [0, 0.1) is 5.82 Å². The van der Waals surface area contributed by atoms with Crippen LogP contribution in [0.4, 0.5) is 4.39 Å². The van der Waals surface area contributed by atoms with E-state index >= 15 is 0 Å². The van der Waals surface area contributed by atoms with Crippen LogP contribution in [0.25, 0.3) is 0 Å². The fourth-order valence-corrected chi connectivity index (χ4v) is 2.40. The Bertz CT molecular complexity index is 362. The number of rotatable bonds is 6. The van der Waals surface area contributed by atoms with Gasteiger partial charge in [0, 0.05) is 24.9 Å². The topological polar surface area (TPSA) is 29.3 Å². The van der Waals surface area contributed by atoms with E-state index in [0.29, 0.717) is 11.0 Å². The number of nitrogens with zero attached hydrogens (tertiary/aromatic N) is 1. The van der Waals surface area contributed by atoms with Gasteiger partial charge in [0.25, 0.3) is 0 Å². The first-order chi connectivity index (χ1) is 8.10. The first kappa shape index (κ1) is 15.0. The van der Waals surface area contributed by atoms with E-state index in [1.165, 1.54) is 0 Å². The molecule has 0 bridgehead atoms.